The molecule has 2 aromatic rings. The summed E-state index contributed by atoms with van der Waals surface area (Å²) < 4.78 is 5.88. The molecular weight excluding hydrogens is 371 g/mol. The van der Waals surface area contributed by atoms with E-state index in [0.29, 0.717) is 30.3 Å². The van der Waals surface area contributed by atoms with E-state index >= 15 is 0 Å². The molecule has 0 aliphatic carbocycles. The Balaban J connectivity index is 1.58. The molecule has 0 unspecified atom stereocenters. The number of halogens is 2. The minimum absolute atomic E-state index is 0.0354. The van der Waals surface area contributed by atoms with Crippen molar-refractivity contribution in [2.45, 2.75) is 19.4 Å². The fourth-order valence-corrected chi connectivity index (χ4v) is 3.36. The van der Waals surface area contributed by atoms with E-state index in [1.807, 2.05) is 36.1 Å². The average Bonchev–Trinajstić information content (AvgIpc) is 2.67. The molecule has 1 aliphatic rings. The van der Waals surface area contributed by atoms with Crippen molar-refractivity contribution in [3.8, 4) is 5.75 Å². The second-order valence-corrected chi connectivity index (χ2v) is 7.13. The van der Waals surface area contributed by atoms with Crippen LogP contribution in [0.2, 0.25) is 10.0 Å². The zero-order chi connectivity index (χ0) is 18.5. The molecule has 1 atom stereocenters. The van der Waals surface area contributed by atoms with E-state index < -0.39 is 6.10 Å². The molecule has 1 saturated heterocycles. The molecule has 1 aliphatic heterocycles. The van der Waals surface area contributed by atoms with Crippen molar-refractivity contribution in [1.82, 2.24) is 4.90 Å². The number of carbonyl (C=O) groups is 1. The van der Waals surface area contributed by atoms with Crippen LogP contribution in [0.25, 0.3) is 0 Å². The molecule has 1 fully saturated rings. The summed E-state index contributed by atoms with van der Waals surface area (Å²) in [7, 11) is 0. The molecule has 138 valence electrons. The van der Waals surface area contributed by atoms with E-state index in [9.17, 15) is 4.79 Å². The molecule has 3 rings (SSSR count). The quantitative estimate of drug-likeness (QED) is 0.750. The second-order valence-electron chi connectivity index (χ2n) is 6.26. The third kappa shape index (κ3) is 4.63. The van der Waals surface area contributed by atoms with Crippen LogP contribution in [0.5, 0.6) is 5.75 Å². The van der Waals surface area contributed by atoms with Crippen molar-refractivity contribution < 1.29 is 9.53 Å². The Kier molecular flexibility index (Phi) is 6.28. The first-order chi connectivity index (χ1) is 12.6. The minimum Gasteiger partial charge on any atom is -0.481 e. The van der Waals surface area contributed by atoms with Gasteiger partial charge >= 0.3 is 0 Å². The summed E-state index contributed by atoms with van der Waals surface area (Å²) in [6.45, 7) is 4.87. The van der Waals surface area contributed by atoms with Crippen LogP contribution in [-0.4, -0.2) is 43.1 Å². The lowest BCUT2D eigenvalue weighted by atomic mass is 10.2. The van der Waals surface area contributed by atoms with Crippen LogP contribution in [0.15, 0.2) is 48.5 Å². The van der Waals surface area contributed by atoms with E-state index in [2.05, 4.69) is 4.90 Å². The number of hydrogen-bond acceptors (Lipinski definition) is 3. The van der Waals surface area contributed by atoms with Crippen molar-refractivity contribution in [2.24, 2.45) is 0 Å². The predicted octanol–water partition coefficient (Wildman–Crippen LogP) is 4.50. The Morgan fingerprint density at radius 2 is 1.73 bits per heavy atom. The zero-order valence-corrected chi connectivity index (χ0v) is 16.2. The lowest BCUT2D eigenvalue weighted by Gasteiger charge is -2.37. The molecule has 0 spiro atoms. The largest absolute Gasteiger partial charge is 0.481 e. The second kappa shape index (κ2) is 8.65. The molecule has 2 aromatic carbocycles. The SMILES string of the molecule is CC[C@H](Oc1ccc(Cl)cc1)C(=O)N1CCN(c2cccc(Cl)c2)CC1. The highest BCUT2D eigenvalue weighted by Gasteiger charge is 2.28. The van der Waals surface area contributed by atoms with E-state index in [-0.39, 0.29) is 5.91 Å². The van der Waals surface area contributed by atoms with E-state index in [1.54, 1.807) is 24.3 Å². The fraction of sp³-hybridized carbons (Fsp3) is 0.350. The topological polar surface area (TPSA) is 32.8 Å². The number of hydrogen-bond donors (Lipinski definition) is 0. The zero-order valence-electron chi connectivity index (χ0n) is 14.7. The van der Waals surface area contributed by atoms with Crippen molar-refractivity contribution >= 4 is 34.8 Å². The van der Waals surface area contributed by atoms with E-state index in [1.165, 1.54) is 0 Å². The molecule has 6 heteroatoms. The van der Waals surface area contributed by atoms with Crippen molar-refractivity contribution in [3.05, 3.63) is 58.6 Å². The van der Waals surface area contributed by atoms with Gasteiger partial charge in [-0.3, -0.25) is 4.79 Å². The average molecular weight is 393 g/mol. The predicted molar refractivity (Wildman–Crippen MR) is 106 cm³/mol. The van der Waals surface area contributed by atoms with Crippen LogP contribution in [0.3, 0.4) is 0 Å². The van der Waals surface area contributed by atoms with Crippen LogP contribution in [0, 0.1) is 0 Å². The molecule has 0 bridgehead atoms. The van der Waals surface area contributed by atoms with E-state index in [0.717, 1.165) is 23.8 Å². The Morgan fingerprint density at radius 1 is 1.04 bits per heavy atom. The number of piperazine rings is 1. The van der Waals surface area contributed by atoms with Crippen LogP contribution in [-0.2, 0) is 4.79 Å². The molecule has 0 aromatic heterocycles. The Bertz CT molecular complexity index is 744. The van der Waals surface area contributed by atoms with Crippen LogP contribution in [0.1, 0.15) is 13.3 Å². The summed E-state index contributed by atoms with van der Waals surface area (Å²) in [4.78, 5) is 17.0. The Morgan fingerprint density at radius 3 is 2.35 bits per heavy atom. The van der Waals surface area contributed by atoms with Gasteiger partial charge in [0, 0.05) is 41.9 Å². The van der Waals surface area contributed by atoms with Gasteiger partial charge in [0.25, 0.3) is 5.91 Å². The summed E-state index contributed by atoms with van der Waals surface area (Å²) in [5.41, 5.74) is 1.09. The molecule has 0 radical (unpaired) electrons. The highest BCUT2D eigenvalue weighted by Crippen LogP contribution is 2.22. The van der Waals surface area contributed by atoms with Crippen LogP contribution >= 0.6 is 23.2 Å². The normalized spacial score (nSPS) is 15.7. The number of carbonyl (C=O) groups excluding carboxylic acids is 1. The molecule has 1 amide bonds. The van der Waals surface area contributed by atoms with Crippen molar-refractivity contribution in [3.63, 3.8) is 0 Å². The number of benzene rings is 2. The number of rotatable bonds is 5. The summed E-state index contributed by atoms with van der Waals surface area (Å²) in [6, 6.07) is 14.9. The third-order valence-electron chi connectivity index (χ3n) is 4.50. The summed E-state index contributed by atoms with van der Waals surface area (Å²) in [5, 5.41) is 1.37. The smallest absolute Gasteiger partial charge is 0.263 e. The summed E-state index contributed by atoms with van der Waals surface area (Å²) in [5.74, 6) is 0.695. The number of amides is 1. The maximum absolute atomic E-state index is 12.8. The maximum Gasteiger partial charge on any atom is 0.263 e. The molecule has 0 N–H and O–H groups in total. The molecule has 4 nitrogen and oxygen atoms in total. The van der Waals surface area contributed by atoms with Crippen LogP contribution in [0.4, 0.5) is 5.69 Å². The molecular formula is C20H22Cl2N2O2. The van der Waals surface area contributed by atoms with Gasteiger partial charge in [0.05, 0.1) is 0 Å². The van der Waals surface area contributed by atoms with E-state index in [4.69, 9.17) is 27.9 Å². The van der Waals surface area contributed by atoms with Gasteiger partial charge in [-0.2, -0.15) is 0 Å². The summed E-state index contributed by atoms with van der Waals surface area (Å²) >= 11 is 12.0. The minimum atomic E-state index is -0.478. The van der Waals surface area contributed by atoms with Crippen LogP contribution < -0.4 is 9.64 Å². The van der Waals surface area contributed by atoms with Gasteiger partial charge in [0.2, 0.25) is 0 Å². The van der Waals surface area contributed by atoms with Gasteiger partial charge in [0.15, 0.2) is 6.10 Å². The standard InChI is InChI=1S/C20H22Cl2N2O2/c1-2-19(26-18-8-6-15(21)7-9-18)20(25)24-12-10-23(11-13-24)17-5-3-4-16(22)14-17/h3-9,14,19H,2,10-13H2,1H3/t19-/m0/s1. The lowest BCUT2D eigenvalue weighted by molar-refractivity contribution is -0.139. The van der Waals surface area contributed by atoms with Gasteiger partial charge < -0.3 is 14.5 Å². The van der Waals surface area contributed by atoms with Gasteiger partial charge in [-0.1, -0.05) is 36.2 Å². The first-order valence-corrected chi connectivity index (χ1v) is 9.54. The molecule has 1 heterocycles. The Hall–Kier alpha value is -1.91. The van der Waals surface area contributed by atoms with Crippen molar-refractivity contribution in [2.75, 3.05) is 31.1 Å². The maximum atomic E-state index is 12.8. The highest BCUT2D eigenvalue weighted by molar-refractivity contribution is 6.31. The monoisotopic (exact) mass is 392 g/mol. The molecule has 0 saturated carbocycles. The number of ether oxygens (including phenoxy) is 1. The molecule has 26 heavy (non-hydrogen) atoms. The first-order valence-electron chi connectivity index (χ1n) is 8.78. The number of nitrogens with zero attached hydrogens (tertiary/aromatic N) is 2. The van der Waals surface area contributed by atoms with Gasteiger partial charge in [-0.25, -0.2) is 0 Å². The van der Waals surface area contributed by atoms with Gasteiger partial charge in [-0.15, -0.1) is 0 Å². The van der Waals surface area contributed by atoms with Crippen molar-refractivity contribution in [1.29, 1.82) is 0 Å². The lowest BCUT2D eigenvalue weighted by Crippen LogP contribution is -2.52. The number of anilines is 1. The fourth-order valence-electron chi connectivity index (χ4n) is 3.05. The Labute approximate surface area is 164 Å². The first kappa shape index (κ1) is 18.9. The third-order valence-corrected chi connectivity index (χ3v) is 4.99. The highest BCUT2D eigenvalue weighted by atomic mass is 35.5. The van der Waals surface area contributed by atoms with Gasteiger partial charge in [-0.05, 0) is 48.9 Å². The summed E-state index contributed by atoms with van der Waals surface area (Å²) in [6.07, 6.45) is 0.143. The van der Waals surface area contributed by atoms with Gasteiger partial charge in [0.1, 0.15) is 5.75 Å².